The second-order valence-corrected chi connectivity index (χ2v) is 11.5. The van der Waals surface area contributed by atoms with Crippen LogP contribution in [0.4, 0.5) is 0 Å². The third kappa shape index (κ3) is 6.16. The van der Waals surface area contributed by atoms with Crippen LogP contribution in [0.3, 0.4) is 0 Å². The average Bonchev–Trinajstić information content (AvgIpc) is 3.40. The van der Waals surface area contributed by atoms with E-state index in [2.05, 4.69) is 70.8 Å². The minimum Gasteiger partial charge on any atom is -0.488 e. The van der Waals surface area contributed by atoms with E-state index in [0.29, 0.717) is 6.61 Å². The Labute approximate surface area is 220 Å². The summed E-state index contributed by atoms with van der Waals surface area (Å²) in [6, 6.07) is 13.3. The Balaban J connectivity index is 1.22. The van der Waals surface area contributed by atoms with Gasteiger partial charge in [0, 0.05) is 31.1 Å². The van der Waals surface area contributed by atoms with Crippen LogP contribution in [0.25, 0.3) is 5.70 Å². The van der Waals surface area contributed by atoms with E-state index in [1.54, 1.807) is 0 Å². The molecule has 0 amide bonds. The Morgan fingerprint density at radius 2 is 1.83 bits per heavy atom. The molecule has 2 saturated heterocycles. The number of hydrogen-bond acceptors (Lipinski definition) is 6. The molecule has 0 aliphatic carbocycles. The molecule has 2 aromatic carbocycles. The van der Waals surface area contributed by atoms with Crippen molar-refractivity contribution in [1.82, 2.24) is 15.1 Å². The minimum absolute atomic E-state index is 0.218. The summed E-state index contributed by atoms with van der Waals surface area (Å²) in [5, 5.41) is 5.93. The number of hydrogen-bond donors (Lipinski definition) is 1. The van der Waals surface area contributed by atoms with Crippen LogP contribution in [0.2, 0.25) is 0 Å². The van der Waals surface area contributed by atoms with Crippen LogP contribution >= 0.6 is 11.8 Å². The first-order valence-electron chi connectivity index (χ1n) is 13.4. The van der Waals surface area contributed by atoms with E-state index in [1.165, 1.54) is 54.6 Å². The lowest BCUT2D eigenvalue weighted by Gasteiger charge is -2.34. The molecule has 0 radical (unpaired) electrons. The quantitative estimate of drug-likeness (QED) is 0.465. The molecule has 6 heteroatoms. The summed E-state index contributed by atoms with van der Waals surface area (Å²) in [6.07, 6.45) is 7.05. The molecular weight excluding hydrogens is 466 g/mol. The van der Waals surface area contributed by atoms with E-state index in [4.69, 9.17) is 4.74 Å². The number of aryl methyl sites for hydroxylation is 2. The van der Waals surface area contributed by atoms with Gasteiger partial charge >= 0.3 is 0 Å². The van der Waals surface area contributed by atoms with E-state index in [-0.39, 0.29) is 11.4 Å². The fourth-order valence-electron chi connectivity index (χ4n) is 5.47. The lowest BCUT2D eigenvalue weighted by atomic mass is 9.99. The molecule has 5 nitrogen and oxygen atoms in total. The van der Waals surface area contributed by atoms with Crippen LogP contribution in [0.5, 0.6) is 5.75 Å². The van der Waals surface area contributed by atoms with Crippen molar-refractivity contribution in [2.45, 2.75) is 64.6 Å². The molecule has 36 heavy (non-hydrogen) atoms. The minimum atomic E-state index is 0.218. The van der Waals surface area contributed by atoms with Crippen LogP contribution in [0, 0.1) is 19.8 Å². The number of thioether (sulfide) groups is 1. The number of carbonyl (C=O) groups is 1. The van der Waals surface area contributed by atoms with Crippen LogP contribution in [-0.4, -0.2) is 47.8 Å². The van der Waals surface area contributed by atoms with Gasteiger partial charge in [-0.15, -0.1) is 0 Å². The van der Waals surface area contributed by atoms with Crippen molar-refractivity contribution in [3.63, 3.8) is 0 Å². The maximum absolute atomic E-state index is 11.1. The predicted octanol–water partition coefficient (Wildman–Crippen LogP) is 5.70. The highest BCUT2D eigenvalue weighted by atomic mass is 32.2. The molecule has 1 N–H and O–H groups in total. The number of piperidine rings is 2. The van der Waals surface area contributed by atoms with Crippen molar-refractivity contribution in [2.75, 3.05) is 26.2 Å². The highest BCUT2D eigenvalue weighted by molar-refractivity contribution is 8.03. The van der Waals surface area contributed by atoms with Crippen molar-refractivity contribution in [3.8, 4) is 5.75 Å². The van der Waals surface area contributed by atoms with Gasteiger partial charge in [-0.1, -0.05) is 48.0 Å². The zero-order valence-corrected chi connectivity index (χ0v) is 22.5. The smallest absolute Gasteiger partial charge is 0.132 e. The molecule has 0 aromatic heterocycles. The molecule has 5 rings (SSSR count). The topological polar surface area (TPSA) is 44.8 Å². The van der Waals surface area contributed by atoms with E-state index in [9.17, 15) is 4.79 Å². The Morgan fingerprint density at radius 3 is 2.58 bits per heavy atom. The Hall–Kier alpha value is -2.28. The van der Waals surface area contributed by atoms with E-state index in [1.807, 2.05) is 11.8 Å². The lowest BCUT2D eigenvalue weighted by molar-refractivity contribution is -0.112. The van der Waals surface area contributed by atoms with Gasteiger partial charge in [0.05, 0.1) is 5.70 Å². The second-order valence-electron chi connectivity index (χ2n) is 10.6. The highest BCUT2D eigenvalue weighted by Crippen LogP contribution is 2.36. The van der Waals surface area contributed by atoms with Crippen molar-refractivity contribution in [3.05, 3.63) is 69.6 Å². The molecule has 0 spiro atoms. The SMILES string of the molecule is Cc1ccc(OCc2ccc(CN3CCCCC3)cc2C)c(C2=CSC(N3CCC(C=O)CC3)N2)c1. The Kier molecular flexibility index (Phi) is 8.35. The molecule has 1 unspecified atom stereocenters. The van der Waals surface area contributed by atoms with Crippen LogP contribution in [-0.2, 0) is 17.9 Å². The first-order chi connectivity index (χ1) is 17.6. The number of nitrogens with zero attached hydrogens (tertiary/aromatic N) is 2. The summed E-state index contributed by atoms with van der Waals surface area (Å²) in [5.74, 6) is 1.14. The van der Waals surface area contributed by atoms with E-state index < -0.39 is 0 Å². The maximum Gasteiger partial charge on any atom is 0.132 e. The molecule has 2 fully saturated rings. The zero-order chi connectivity index (χ0) is 24.9. The zero-order valence-electron chi connectivity index (χ0n) is 21.7. The number of carbonyl (C=O) groups excluding carboxylic acids is 1. The number of nitrogens with one attached hydrogen (secondary N) is 1. The summed E-state index contributed by atoms with van der Waals surface area (Å²) in [4.78, 5) is 16.1. The van der Waals surface area contributed by atoms with Crippen molar-refractivity contribution >= 4 is 23.7 Å². The van der Waals surface area contributed by atoms with E-state index in [0.717, 1.165) is 55.8 Å². The third-order valence-corrected chi connectivity index (χ3v) is 8.81. The maximum atomic E-state index is 11.1. The molecule has 0 bridgehead atoms. The molecule has 192 valence electrons. The fourth-order valence-corrected chi connectivity index (χ4v) is 6.51. The second kappa shape index (κ2) is 11.8. The molecule has 3 aliphatic rings. The lowest BCUT2D eigenvalue weighted by Crippen LogP contribution is -2.45. The molecule has 1 atom stereocenters. The summed E-state index contributed by atoms with van der Waals surface area (Å²) < 4.78 is 6.42. The first-order valence-corrected chi connectivity index (χ1v) is 14.4. The number of likely N-dealkylation sites (tertiary alicyclic amines) is 2. The normalized spacial score (nSPS) is 21.7. The third-order valence-electron chi connectivity index (χ3n) is 7.76. The van der Waals surface area contributed by atoms with Crippen LogP contribution in [0.1, 0.15) is 59.9 Å². The van der Waals surface area contributed by atoms with Gasteiger partial charge in [0.15, 0.2) is 0 Å². The molecule has 2 aromatic rings. The fraction of sp³-hybridized carbons (Fsp3) is 0.500. The van der Waals surface area contributed by atoms with Gasteiger partial charge in [0.1, 0.15) is 24.1 Å². The summed E-state index contributed by atoms with van der Waals surface area (Å²) >= 11 is 1.81. The van der Waals surface area contributed by atoms with Gasteiger partial charge in [-0.3, -0.25) is 9.80 Å². The number of benzene rings is 2. The van der Waals surface area contributed by atoms with Gasteiger partial charge in [0.25, 0.3) is 0 Å². The number of ether oxygens (including phenoxy) is 1. The van der Waals surface area contributed by atoms with Gasteiger partial charge in [-0.2, -0.15) is 0 Å². The molecular formula is C30H39N3O2S. The first kappa shape index (κ1) is 25.4. The molecule has 0 saturated carbocycles. The number of aldehydes is 1. The van der Waals surface area contributed by atoms with E-state index >= 15 is 0 Å². The van der Waals surface area contributed by atoms with Gasteiger partial charge in [-0.05, 0) is 86.9 Å². The van der Waals surface area contributed by atoms with Crippen molar-refractivity contribution in [1.29, 1.82) is 0 Å². The monoisotopic (exact) mass is 505 g/mol. The summed E-state index contributed by atoms with van der Waals surface area (Å²) in [5.41, 5.74) is 7.61. The summed E-state index contributed by atoms with van der Waals surface area (Å²) in [7, 11) is 0. The Bertz CT molecular complexity index is 1090. The van der Waals surface area contributed by atoms with Crippen molar-refractivity contribution in [2.24, 2.45) is 5.92 Å². The highest BCUT2D eigenvalue weighted by Gasteiger charge is 2.29. The van der Waals surface area contributed by atoms with Crippen LogP contribution < -0.4 is 10.1 Å². The predicted molar refractivity (Wildman–Crippen MR) is 149 cm³/mol. The van der Waals surface area contributed by atoms with Gasteiger partial charge < -0.3 is 14.8 Å². The molecule has 3 heterocycles. The standard InChI is InChI=1S/C30H39N3O2S/c1-22-6-9-29(27(16-22)28-21-36-30(31-28)33-14-10-24(19-34)11-15-33)35-20-26-8-7-25(17-23(26)2)18-32-12-4-3-5-13-32/h6-9,16-17,19,21,24,30-31H,3-5,10-15,18,20H2,1-2H3. The van der Waals surface area contributed by atoms with Gasteiger partial charge in [-0.25, -0.2) is 0 Å². The van der Waals surface area contributed by atoms with Crippen LogP contribution in [0.15, 0.2) is 41.8 Å². The number of rotatable bonds is 8. The summed E-state index contributed by atoms with van der Waals surface area (Å²) in [6.45, 7) is 10.3. The largest absolute Gasteiger partial charge is 0.488 e. The van der Waals surface area contributed by atoms with Gasteiger partial charge in [0.2, 0.25) is 0 Å². The Morgan fingerprint density at radius 1 is 1.03 bits per heavy atom. The van der Waals surface area contributed by atoms with Crippen molar-refractivity contribution < 1.29 is 9.53 Å². The molecule has 3 aliphatic heterocycles. The average molecular weight is 506 g/mol.